The molecule has 2 aliphatic rings. The topological polar surface area (TPSA) is 116 Å². The Bertz CT molecular complexity index is 576. The van der Waals surface area contributed by atoms with Gasteiger partial charge in [0.25, 0.3) is 0 Å². The van der Waals surface area contributed by atoms with Crippen molar-refractivity contribution < 1.29 is 24.0 Å². The Kier molecular flexibility index (Phi) is 5.53. The van der Waals surface area contributed by atoms with E-state index in [0.717, 1.165) is 30.6 Å². The smallest absolute Gasteiger partial charge is 0.334 e. The fourth-order valence-corrected chi connectivity index (χ4v) is 3.01. The Morgan fingerprint density at radius 1 is 1.08 bits per heavy atom. The third-order valence-electron chi connectivity index (χ3n) is 4.43. The summed E-state index contributed by atoms with van der Waals surface area (Å²) in [5.74, 6) is -2.51. The first-order valence-corrected chi connectivity index (χ1v) is 8.12. The van der Waals surface area contributed by atoms with Gasteiger partial charge in [-0.3, -0.25) is 24.6 Å². The molecule has 1 heterocycles. The summed E-state index contributed by atoms with van der Waals surface area (Å²) in [5, 5.41) is 4.84. The van der Waals surface area contributed by atoms with Crippen molar-refractivity contribution in [2.24, 2.45) is 5.92 Å². The van der Waals surface area contributed by atoms with E-state index in [1.807, 2.05) is 6.92 Å². The lowest BCUT2D eigenvalue weighted by atomic mass is 9.86. The fraction of sp³-hybridized carbons (Fsp3) is 0.667. The highest BCUT2D eigenvalue weighted by molar-refractivity contribution is 6.45. The first kappa shape index (κ1) is 17.9. The van der Waals surface area contributed by atoms with Gasteiger partial charge in [-0.25, -0.2) is 14.5 Å². The molecular weight excluding hydrogens is 316 g/mol. The standard InChI is InChI=1S/C15H22N4O5/c1-3-18-12(21)13(22)19(15(18)24)8-11(20)17-14(23)16-10-7-5-4-6-9(10)2/h9-10H,3-8H2,1-2H3,(H2,16,17,20,23)/t9-,10-/m0/s1. The van der Waals surface area contributed by atoms with Gasteiger partial charge in [0.2, 0.25) is 5.91 Å². The molecular formula is C15H22N4O5. The Labute approximate surface area is 139 Å². The van der Waals surface area contributed by atoms with Crippen molar-refractivity contribution in [1.82, 2.24) is 20.4 Å². The molecule has 7 amide bonds. The average Bonchev–Trinajstić information content (AvgIpc) is 2.73. The van der Waals surface area contributed by atoms with Gasteiger partial charge in [-0.2, -0.15) is 0 Å². The molecule has 24 heavy (non-hydrogen) atoms. The zero-order chi connectivity index (χ0) is 17.9. The van der Waals surface area contributed by atoms with Gasteiger partial charge in [-0.1, -0.05) is 19.8 Å². The van der Waals surface area contributed by atoms with Crippen LogP contribution in [0.5, 0.6) is 0 Å². The molecule has 0 radical (unpaired) electrons. The average molecular weight is 338 g/mol. The summed E-state index contributed by atoms with van der Waals surface area (Å²) in [4.78, 5) is 60.2. The number of imide groups is 3. The van der Waals surface area contributed by atoms with E-state index in [2.05, 4.69) is 10.6 Å². The van der Waals surface area contributed by atoms with Crippen LogP contribution in [0, 0.1) is 5.92 Å². The van der Waals surface area contributed by atoms with Gasteiger partial charge in [-0.15, -0.1) is 0 Å². The predicted molar refractivity (Wildman–Crippen MR) is 82.6 cm³/mol. The van der Waals surface area contributed by atoms with Crippen molar-refractivity contribution >= 4 is 29.8 Å². The van der Waals surface area contributed by atoms with E-state index in [4.69, 9.17) is 0 Å². The molecule has 1 saturated carbocycles. The van der Waals surface area contributed by atoms with Crippen LogP contribution in [0.2, 0.25) is 0 Å². The number of hydrogen-bond acceptors (Lipinski definition) is 5. The highest BCUT2D eigenvalue weighted by Crippen LogP contribution is 2.23. The summed E-state index contributed by atoms with van der Waals surface area (Å²) in [5.41, 5.74) is 0. The largest absolute Gasteiger partial charge is 0.335 e. The molecule has 9 nitrogen and oxygen atoms in total. The number of rotatable bonds is 4. The van der Waals surface area contributed by atoms with Crippen molar-refractivity contribution in [3.63, 3.8) is 0 Å². The third kappa shape index (κ3) is 3.72. The van der Waals surface area contributed by atoms with E-state index < -0.39 is 36.3 Å². The van der Waals surface area contributed by atoms with E-state index in [-0.39, 0.29) is 12.6 Å². The molecule has 2 atom stereocenters. The maximum Gasteiger partial charge on any atom is 0.334 e. The summed E-state index contributed by atoms with van der Waals surface area (Å²) in [7, 11) is 0. The molecule has 2 rings (SSSR count). The van der Waals surface area contributed by atoms with E-state index in [9.17, 15) is 24.0 Å². The Morgan fingerprint density at radius 3 is 2.29 bits per heavy atom. The van der Waals surface area contributed by atoms with Crippen molar-refractivity contribution in [2.75, 3.05) is 13.1 Å². The number of nitrogens with one attached hydrogen (secondary N) is 2. The molecule has 1 aliphatic carbocycles. The Hall–Kier alpha value is -2.45. The van der Waals surface area contributed by atoms with E-state index in [1.54, 1.807) is 6.92 Å². The van der Waals surface area contributed by atoms with Crippen LogP contribution in [0.4, 0.5) is 9.59 Å². The van der Waals surface area contributed by atoms with Crippen LogP contribution in [0.1, 0.15) is 39.5 Å². The minimum atomic E-state index is -1.06. The lowest BCUT2D eigenvalue weighted by Gasteiger charge is -2.29. The summed E-state index contributed by atoms with van der Waals surface area (Å²) in [6, 6.07) is -1.50. The molecule has 0 aromatic rings. The minimum absolute atomic E-state index is 0.00115. The molecule has 0 aromatic carbocycles. The fourth-order valence-electron chi connectivity index (χ4n) is 3.01. The van der Waals surface area contributed by atoms with Crippen molar-refractivity contribution in [3.05, 3.63) is 0 Å². The quantitative estimate of drug-likeness (QED) is 0.561. The first-order chi connectivity index (χ1) is 11.3. The molecule has 9 heteroatoms. The van der Waals surface area contributed by atoms with Crippen LogP contribution in [0.3, 0.4) is 0 Å². The summed E-state index contributed by atoms with van der Waals surface area (Å²) in [6.45, 7) is 2.97. The van der Waals surface area contributed by atoms with Crippen molar-refractivity contribution in [1.29, 1.82) is 0 Å². The summed E-state index contributed by atoms with van der Waals surface area (Å²) in [6.07, 6.45) is 4.02. The molecule has 1 saturated heterocycles. The van der Waals surface area contributed by atoms with Gasteiger partial charge in [0, 0.05) is 12.6 Å². The Balaban J connectivity index is 1.86. The molecule has 132 valence electrons. The van der Waals surface area contributed by atoms with Crippen LogP contribution in [0.15, 0.2) is 0 Å². The number of hydrogen-bond donors (Lipinski definition) is 2. The molecule has 1 aliphatic heterocycles. The van der Waals surface area contributed by atoms with E-state index >= 15 is 0 Å². The minimum Gasteiger partial charge on any atom is -0.335 e. The second kappa shape index (κ2) is 7.41. The van der Waals surface area contributed by atoms with Crippen LogP contribution < -0.4 is 10.6 Å². The zero-order valence-electron chi connectivity index (χ0n) is 13.8. The number of nitrogens with zero attached hydrogens (tertiary/aromatic N) is 2. The van der Waals surface area contributed by atoms with Gasteiger partial charge < -0.3 is 5.32 Å². The van der Waals surface area contributed by atoms with Gasteiger partial charge in [0.15, 0.2) is 0 Å². The zero-order valence-corrected chi connectivity index (χ0v) is 13.8. The predicted octanol–water partition coefficient (Wildman–Crippen LogP) is 0.202. The maximum absolute atomic E-state index is 11.9. The molecule has 2 N–H and O–H groups in total. The number of urea groups is 2. The number of likely N-dealkylation sites (N-methyl/N-ethyl adjacent to an activating group) is 1. The summed E-state index contributed by atoms with van der Waals surface area (Å²) < 4.78 is 0. The lowest BCUT2D eigenvalue weighted by Crippen LogP contribution is -2.50. The number of amides is 7. The van der Waals surface area contributed by atoms with Gasteiger partial charge in [0.1, 0.15) is 6.54 Å². The van der Waals surface area contributed by atoms with Crippen LogP contribution in [-0.2, 0) is 14.4 Å². The van der Waals surface area contributed by atoms with Crippen LogP contribution in [-0.4, -0.2) is 58.7 Å². The first-order valence-electron chi connectivity index (χ1n) is 8.12. The van der Waals surface area contributed by atoms with Gasteiger partial charge in [-0.05, 0) is 25.7 Å². The normalized spacial score (nSPS) is 24.3. The van der Waals surface area contributed by atoms with Crippen LogP contribution >= 0.6 is 0 Å². The molecule has 0 bridgehead atoms. The monoisotopic (exact) mass is 338 g/mol. The van der Waals surface area contributed by atoms with Gasteiger partial charge in [0.05, 0.1) is 0 Å². The lowest BCUT2D eigenvalue weighted by molar-refractivity contribution is -0.143. The highest BCUT2D eigenvalue weighted by Gasteiger charge is 2.44. The van der Waals surface area contributed by atoms with Crippen molar-refractivity contribution in [2.45, 2.75) is 45.6 Å². The second-order valence-corrected chi connectivity index (χ2v) is 6.11. The van der Waals surface area contributed by atoms with Gasteiger partial charge >= 0.3 is 23.9 Å². The van der Waals surface area contributed by atoms with Crippen LogP contribution in [0.25, 0.3) is 0 Å². The molecule has 2 fully saturated rings. The van der Waals surface area contributed by atoms with E-state index in [1.165, 1.54) is 0 Å². The number of carbonyl (C=O) groups is 5. The second-order valence-electron chi connectivity index (χ2n) is 6.11. The summed E-state index contributed by atoms with van der Waals surface area (Å²) >= 11 is 0. The van der Waals surface area contributed by atoms with E-state index in [0.29, 0.717) is 10.8 Å². The molecule has 0 aromatic heterocycles. The number of carbonyl (C=O) groups excluding carboxylic acids is 5. The maximum atomic E-state index is 11.9. The van der Waals surface area contributed by atoms with Crippen molar-refractivity contribution in [3.8, 4) is 0 Å². The Morgan fingerprint density at radius 2 is 1.71 bits per heavy atom. The highest BCUT2D eigenvalue weighted by atomic mass is 16.2. The molecule has 0 unspecified atom stereocenters. The SMILES string of the molecule is CCN1C(=O)C(=O)N(CC(=O)NC(=O)N[C@H]2CCCC[C@@H]2C)C1=O. The molecule has 0 spiro atoms. The third-order valence-corrected chi connectivity index (χ3v) is 4.43.